The van der Waals surface area contributed by atoms with Gasteiger partial charge in [0, 0.05) is 19.8 Å². The Morgan fingerprint density at radius 2 is 2.06 bits per heavy atom. The fraction of sp³-hybridized carbons (Fsp3) is 1.00. The first-order valence-corrected chi connectivity index (χ1v) is 6.73. The minimum absolute atomic E-state index is 0.408. The molecule has 0 aromatic carbocycles. The molecule has 1 unspecified atom stereocenters. The molecule has 96 valence electrons. The molecule has 0 aromatic rings. The molecule has 3 heteroatoms. The van der Waals surface area contributed by atoms with Crippen molar-refractivity contribution in [3.8, 4) is 0 Å². The van der Waals surface area contributed by atoms with Gasteiger partial charge in [-0.2, -0.15) is 0 Å². The van der Waals surface area contributed by atoms with E-state index in [1.54, 1.807) is 7.11 Å². The lowest BCUT2D eigenvalue weighted by Crippen LogP contribution is -2.36. The van der Waals surface area contributed by atoms with Crippen LogP contribution in [0.3, 0.4) is 0 Å². The summed E-state index contributed by atoms with van der Waals surface area (Å²) in [5.74, 6) is 0.791. The van der Waals surface area contributed by atoms with Gasteiger partial charge in [-0.25, -0.2) is 0 Å². The number of hydrogen-bond acceptors (Lipinski definition) is 3. The number of likely N-dealkylation sites (tertiary alicyclic amines) is 1. The van der Waals surface area contributed by atoms with Crippen molar-refractivity contribution in [2.45, 2.75) is 45.1 Å². The number of methoxy groups -OCH3 is 1. The van der Waals surface area contributed by atoms with Gasteiger partial charge in [0.05, 0.1) is 0 Å². The Kier molecular flexibility index (Phi) is 7.01. The normalized spacial score (nSPS) is 21.2. The van der Waals surface area contributed by atoms with Crippen LogP contribution in [0.1, 0.15) is 39.0 Å². The molecule has 1 atom stereocenters. The molecule has 0 bridgehead atoms. The van der Waals surface area contributed by atoms with Gasteiger partial charge in [0.1, 0.15) is 0 Å². The molecule has 2 N–H and O–H groups in total. The minimum atomic E-state index is 0.408. The average Bonchev–Trinajstić information content (AvgIpc) is 2.31. The van der Waals surface area contributed by atoms with Crippen LogP contribution in [-0.2, 0) is 4.74 Å². The summed E-state index contributed by atoms with van der Waals surface area (Å²) in [5.41, 5.74) is 5.92. The zero-order chi connectivity index (χ0) is 11.8. The molecule has 1 fully saturated rings. The molecule has 1 aliphatic rings. The van der Waals surface area contributed by atoms with Crippen LogP contribution in [-0.4, -0.2) is 44.3 Å². The third-order valence-corrected chi connectivity index (χ3v) is 3.68. The lowest BCUT2D eigenvalue weighted by molar-refractivity contribution is 0.0986. The van der Waals surface area contributed by atoms with Gasteiger partial charge in [0.2, 0.25) is 0 Å². The van der Waals surface area contributed by atoms with Gasteiger partial charge in [-0.15, -0.1) is 0 Å². The van der Waals surface area contributed by atoms with Crippen molar-refractivity contribution in [1.82, 2.24) is 4.90 Å². The van der Waals surface area contributed by atoms with Crippen molar-refractivity contribution >= 4 is 0 Å². The van der Waals surface area contributed by atoms with Crippen LogP contribution in [0.4, 0.5) is 0 Å². The molecule has 3 nitrogen and oxygen atoms in total. The van der Waals surface area contributed by atoms with Crippen molar-refractivity contribution < 1.29 is 4.74 Å². The molecule has 1 aliphatic heterocycles. The Morgan fingerprint density at radius 3 is 2.62 bits per heavy atom. The van der Waals surface area contributed by atoms with Crippen LogP contribution >= 0.6 is 0 Å². The molecule has 0 radical (unpaired) electrons. The number of nitrogens with two attached hydrogens (primary N) is 1. The minimum Gasteiger partial charge on any atom is -0.384 e. The van der Waals surface area contributed by atoms with Crippen LogP contribution in [0, 0.1) is 5.92 Å². The molecule has 0 aliphatic carbocycles. The van der Waals surface area contributed by atoms with Gasteiger partial charge in [0.25, 0.3) is 0 Å². The van der Waals surface area contributed by atoms with Gasteiger partial charge in [0.15, 0.2) is 0 Å². The van der Waals surface area contributed by atoms with Crippen LogP contribution in [0.15, 0.2) is 0 Å². The summed E-state index contributed by atoms with van der Waals surface area (Å²) in [6.45, 7) is 6.83. The van der Waals surface area contributed by atoms with Gasteiger partial charge >= 0.3 is 0 Å². The molecule has 1 rings (SSSR count). The summed E-state index contributed by atoms with van der Waals surface area (Å²) in [6.07, 6.45) is 6.13. The van der Waals surface area contributed by atoms with Crippen LogP contribution in [0.25, 0.3) is 0 Å². The molecule has 16 heavy (non-hydrogen) atoms. The predicted molar refractivity (Wildman–Crippen MR) is 68.5 cm³/mol. The third-order valence-electron chi connectivity index (χ3n) is 3.68. The Hall–Kier alpha value is -0.120. The number of ether oxygens (including phenoxy) is 1. The van der Waals surface area contributed by atoms with Crippen molar-refractivity contribution in [2.75, 3.05) is 33.4 Å². The van der Waals surface area contributed by atoms with E-state index >= 15 is 0 Å². The topological polar surface area (TPSA) is 38.5 Å². The molecule has 0 aromatic heterocycles. The lowest BCUT2D eigenvalue weighted by atomic mass is 9.97. The van der Waals surface area contributed by atoms with E-state index in [1.807, 2.05) is 0 Å². The largest absolute Gasteiger partial charge is 0.384 e. The van der Waals surface area contributed by atoms with E-state index in [0.717, 1.165) is 18.9 Å². The van der Waals surface area contributed by atoms with Gasteiger partial charge in [-0.05, 0) is 57.7 Å². The molecule has 0 spiro atoms. The smallest absolute Gasteiger partial charge is 0.0491 e. The van der Waals surface area contributed by atoms with Crippen LogP contribution in [0.5, 0.6) is 0 Å². The highest BCUT2D eigenvalue weighted by atomic mass is 16.5. The Bertz CT molecular complexity index is 167. The monoisotopic (exact) mass is 228 g/mol. The first kappa shape index (κ1) is 13.9. The number of hydrogen-bond donors (Lipinski definition) is 1. The highest BCUT2D eigenvalue weighted by molar-refractivity contribution is 4.72. The maximum Gasteiger partial charge on any atom is 0.0491 e. The van der Waals surface area contributed by atoms with Gasteiger partial charge < -0.3 is 15.4 Å². The molecule has 0 amide bonds. The van der Waals surface area contributed by atoms with Crippen LogP contribution < -0.4 is 5.73 Å². The third kappa shape index (κ3) is 5.28. The van der Waals surface area contributed by atoms with E-state index in [4.69, 9.17) is 10.5 Å². The second-order valence-electron chi connectivity index (χ2n) is 5.05. The highest BCUT2D eigenvalue weighted by Gasteiger charge is 2.18. The summed E-state index contributed by atoms with van der Waals surface area (Å²) in [5, 5.41) is 0. The van der Waals surface area contributed by atoms with E-state index in [9.17, 15) is 0 Å². The van der Waals surface area contributed by atoms with E-state index in [1.165, 1.54) is 45.3 Å². The quantitative estimate of drug-likeness (QED) is 0.723. The second kappa shape index (κ2) is 8.04. The van der Waals surface area contributed by atoms with E-state index in [-0.39, 0.29) is 0 Å². The standard InChI is InChI=1S/C13H28N2O/c1-3-13(14)5-4-8-15-9-6-12(7-10-15)11-16-2/h12-13H,3-11,14H2,1-2H3. The maximum atomic E-state index is 5.92. The Morgan fingerprint density at radius 1 is 1.38 bits per heavy atom. The zero-order valence-electron chi connectivity index (χ0n) is 11.0. The molecule has 0 saturated carbocycles. The fourth-order valence-electron chi connectivity index (χ4n) is 2.39. The first-order valence-electron chi connectivity index (χ1n) is 6.73. The van der Waals surface area contributed by atoms with Gasteiger partial charge in [-0.1, -0.05) is 6.92 Å². The summed E-state index contributed by atoms with van der Waals surface area (Å²) in [6, 6.07) is 0.408. The SMILES string of the molecule is CCC(N)CCCN1CCC(COC)CC1. The molecular formula is C13H28N2O. The molecular weight excluding hydrogens is 200 g/mol. The van der Waals surface area contributed by atoms with Crippen molar-refractivity contribution in [3.05, 3.63) is 0 Å². The number of rotatable bonds is 7. The maximum absolute atomic E-state index is 5.92. The van der Waals surface area contributed by atoms with Gasteiger partial charge in [-0.3, -0.25) is 0 Å². The second-order valence-corrected chi connectivity index (χ2v) is 5.05. The van der Waals surface area contributed by atoms with Crippen LogP contribution in [0.2, 0.25) is 0 Å². The highest BCUT2D eigenvalue weighted by Crippen LogP contribution is 2.17. The predicted octanol–water partition coefficient (Wildman–Crippen LogP) is 1.86. The summed E-state index contributed by atoms with van der Waals surface area (Å²) < 4.78 is 5.21. The average molecular weight is 228 g/mol. The lowest BCUT2D eigenvalue weighted by Gasteiger charge is -2.31. The zero-order valence-corrected chi connectivity index (χ0v) is 11.0. The number of nitrogens with zero attached hydrogens (tertiary/aromatic N) is 1. The fourth-order valence-corrected chi connectivity index (χ4v) is 2.39. The van der Waals surface area contributed by atoms with E-state index in [0.29, 0.717) is 6.04 Å². The van der Waals surface area contributed by atoms with E-state index in [2.05, 4.69) is 11.8 Å². The Balaban J connectivity index is 2.03. The van der Waals surface area contributed by atoms with Crippen molar-refractivity contribution in [1.29, 1.82) is 0 Å². The van der Waals surface area contributed by atoms with Crippen molar-refractivity contribution in [2.24, 2.45) is 11.7 Å². The summed E-state index contributed by atoms with van der Waals surface area (Å²) in [4.78, 5) is 2.58. The summed E-state index contributed by atoms with van der Waals surface area (Å²) >= 11 is 0. The first-order chi connectivity index (χ1) is 7.76. The van der Waals surface area contributed by atoms with Crippen molar-refractivity contribution in [3.63, 3.8) is 0 Å². The summed E-state index contributed by atoms with van der Waals surface area (Å²) in [7, 11) is 1.80. The molecule has 1 heterocycles. The Labute approximate surface area is 100 Å². The number of piperidine rings is 1. The molecule has 1 saturated heterocycles. The van der Waals surface area contributed by atoms with E-state index < -0.39 is 0 Å².